The largest absolute Gasteiger partial charge is 0.481 e. The van der Waals surface area contributed by atoms with Gasteiger partial charge in [0.15, 0.2) is 6.10 Å². The molecule has 0 saturated carbocycles. The number of benzene rings is 3. The van der Waals surface area contributed by atoms with E-state index >= 15 is 0 Å². The van der Waals surface area contributed by atoms with Crippen LogP contribution < -0.4 is 14.8 Å². The lowest BCUT2D eigenvalue weighted by Gasteiger charge is -2.17. The summed E-state index contributed by atoms with van der Waals surface area (Å²) in [6.45, 7) is 9.48. The summed E-state index contributed by atoms with van der Waals surface area (Å²) in [6, 6.07) is 17.2. The first-order chi connectivity index (χ1) is 15.0. The van der Waals surface area contributed by atoms with Crippen LogP contribution in [-0.2, 0) is 14.8 Å². The smallest absolute Gasteiger partial charge is 0.265 e. The van der Waals surface area contributed by atoms with Gasteiger partial charge in [-0.1, -0.05) is 23.8 Å². The Kier molecular flexibility index (Phi) is 6.89. The van der Waals surface area contributed by atoms with Crippen molar-refractivity contribution in [1.29, 1.82) is 0 Å². The quantitative estimate of drug-likeness (QED) is 0.521. The van der Waals surface area contributed by atoms with Gasteiger partial charge in [0.1, 0.15) is 5.75 Å². The minimum Gasteiger partial charge on any atom is -0.481 e. The van der Waals surface area contributed by atoms with Crippen molar-refractivity contribution < 1.29 is 17.9 Å². The molecular formula is C25H28N2O4S. The average Bonchev–Trinajstić information content (AvgIpc) is 2.73. The molecule has 0 aliphatic rings. The Bertz CT molecular complexity index is 1240. The van der Waals surface area contributed by atoms with Crippen molar-refractivity contribution in [3.63, 3.8) is 0 Å². The highest BCUT2D eigenvalue weighted by Crippen LogP contribution is 2.22. The fourth-order valence-corrected chi connectivity index (χ4v) is 4.21. The number of rotatable bonds is 7. The Morgan fingerprint density at radius 3 is 2.09 bits per heavy atom. The second kappa shape index (κ2) is 9.44. The topological polar surface area (TPSA) is 84.5 Å². The van der Waals surface area contributed by atoms with Crippen LogP contribution in [0.3, 0.4) is 0 Å². The molecule has 32 heavy (non-hydrogen) atoms. The van der Waals surface area contributed by atoms with E-state index in [1.165, 1.54) is 12.1 Å². The zero-order valence-corrected chi connectivity index (χ0v) is 19.7. The minimum atomic E-state index is -3.74. The van der Waals surface area contributed by atoms with Crippen molar-refractivity contribution in [2.45, 2.75) is 45.6 Å². The van der Waals surface area contributed by atoms with E-state index < -0.39 is 16.1 Å². The van der Waals surface area contributed by atoms with E-state index in [0.717, 1.165) is 22.3 Å². The van der Waals surface area contributed by atoms with Gasteiger partial charge < -0.3 is 10.1 Å². The molecule has 6 nitrogen and oxygen atoms in total. The predicted molar refractivity (Wildman–Crippen MR) is 128 cm³/mol. The lowest BCUT2D eigenvalue weighted by molar-refractivity contribution is -0.122. The molecule has 0 fully saturated rings. The third kappa shape index (κ3) is 5.68. The van der Waals surface area contributed by atoms with Crippen LogP contribution in [0, 0.1) is 27.7 Å². The number of amides is 1. The number of hydrogen-bond acceptors (Lipinski definition) is 4. The van der Waals surface area contributed by atoms with E-state index in [4.69, 9.17) is 4.74 Å². The van der Waals surface area contributed by atoms with Crippen LogP contribution >= 0.6 is 0 Å². The predicted octanol–water partition coefficient (Wildman–Crippen LogP) is 5.13. The maximum Gasteiger partial charge on any atom is 0.265 e. The van der Waals surface area contributed by atoms with Crippen LogP contribution in [0.5, 0.6) is 5.75 Å². The molecule has 0 radical (unpaired) electrons. The average molecular weight is 453 g/mol. The molecule has 3 rings (SSSR count). The molecule has 0 saturated heterocycles. The maximum atomic E-state index is 12.7. The van der Waals surface area contributed by atoms with E-state index in [2.05, 4.69) is 10.0 Å². The molecule has 7 heteroatoms. The Hall–Kier alpha value is -3.32. The molecule has 0 aliphatic carbocycles. The van der Waals surface area contributed by atoms with Crippen LogP contribution in [0.1, 0.15) is 29.2 Å². The standard InChI is InChI=1S/C25H28N2O4S/c1-16-6-13-24(19(4)14-16)31-20(5)25(28)26-21-9-11-23(12-10-21)32(29,30)27-22-8-7-17(2)18(3)15-22/h6-15,20,27H,1-5H3,(H,26,28)/t20-/m0/s1. The van der Waals surface area contributed by atoms with Gasteiger partial charge in [0.05, 0.1) is 4.90 Å². The van der Waals surface area contributed by atoms with Crippen LogP contribution in [0.4, 0.5) is 11.4 Å². The Balaban J connectivity index is 1.65. The van der Waals surface area contributed by atoms with E-state index in [1.54, 1.807) is 31.2 Å². The van der Waals surface area contributed by atoms with Gasteiger partial charge in [-0.25, -0.2) is 8.42 Å². The number of ether oxygens (including phenoxy) is 1. The molecule has 3 aromatic rings. The molecule has 0 aliphatic heterocycles. The number of anilines is 2. The monoisotopic (exact) mass is 452 g/mol. The first-order valence-electron chi connectivity index (χ1n) is 10.3. The summed E-state index contributed by atoms with van der Waals surface area (Å²) in [5.74, 6) is 0.325. The van der Waals surface area contributed by atoms with Gasteiger partial charge in [-0.3, -0.25) is 9.52 Å². The summed E-state index contributed by atoms with van der Waals surface area (Å²) in [5.41, 5.74) is 5.15. The van der Waals surface area contributed by atoms with E-state index in [0.29, 0.717) is 17.1 Å². The summed E-state index contributed by atoms with van der Waals surface area (Å²) < 4.78 is 33.7. The van der Waals surface area contributed by atoms with Crippen molar-refractivity contribution in [2.75, 3.05) is 10.0 Å². The molecule has 0 bridgehead atoms. The number of nitrogens with one attached hydrogen (secondary N) is 2. The third-order valence-electron chi connectivity index (χ3n) is 5.19. The van der Waals surface area contributed by atoms with Crippen LogP contribution in [0.25, 0.3) is 0 Å². The summed E-state index contributed by atoms with van der Waals surface area (Å²) in [5, 5.41) is 2.76. The molecule has 168 valence electrons. The van der Waals surface area contributed by atoms with Crippen LogP contribution in [-0.4, -0.2) is 20.4 Å². The third-order valence-corrected chi connectivity index (χ3v) is 6.59. The first-order valence-corrected chi connectivity index (χ1v) is 11.8. The van der Waals surface area contributed by atoms with Crippen molar-refractivity contribution >= 4 is 27.3 Å². The van der Waals surface area contributed by atoms with E-state index in [9.17, 15) is 13.2 Å². The van der Waals surface area contributed by atoms with Gasteiger partial charge in [0.25, 0.3) is 15.9 Å². The van der Waals surface area contributed by atoms with Crippen molar-refractivity contribution in [1.82, 2.24) is 0 Å². The van der Waals surface area contributed by atoms with E-state index in [1.807, 2.05) is 52.0 Å². The fourth-order valence-electron chi connectivity index (χ4n) is 3.16. The number of carbonyl (C=O) groups is 1. The second-order valence-electron chi connectivity index (χ2n) is 7.95. The lowest BCUT2D eigenvalue weighted by Crippen LogP contribution is -2.30. The van der Waals surface area contributed by atoms with Crippen LogP contribution in [0.15, 0.2) is 65.6 Å². The zero-order valence-electron chi connectivity index (χ0n) is 18.9. The van der Waals surface area contributed by atoms with Gasteiger partial charge in [-0.2, -0.15) is 0 Å². The molecule has 0 heterocycles. The normalized spacial score (nSPS) is 12.2. The molecule has 0 spiro atoms. The van der Waals surface area contributed by atoms with Gasteiger partial charge in [0, 0.05) is 11.4 Å². The Morgan fingerprint density at radius 2 is 1.47 bits per heavy atom. The van der Waals surface area contributed by atoms with E-state index in [-0.39, 0.29) is 10.8 Å². The fraction of sp³-hybridized carbons (Fsp3) is 0.240. The number of carbonyl (C=O) groups excluding carboxylic acids is 1. The zero-order chi connectivity index (χ0) is 23.5. The van der Waals surface area contributed by atoms with Gasteiger partial charge in [-0.05, 0) is 93.8 Å². The molecule has 0 unspecified atom stereocenters. The molecular weight excluding hydrogens is 424 g/mol. The van der Waals surface area contributed by atoms with Gasteiger partial charge in [-0.15, -0.1) is 0 Å². The Morgan fingerprint density at radius 1 is 0.812 bits per heavy atom. The highest BCUT2D eigenvalue weighted by Gasteiger charge is 2.18. The summed E-state index contributed by atoms with van der Waals surface area (Å²) in [6.07, 6.45) is -0.716. The molecule has 1 amide bonds. The summed E-state index contributed by atoms with van der Waals surface area (Å²) in [4.78, 5) is 12.6. The van der Waals surface area contributed by atoms with Crippen LogP contribution in [0.2, 0.25) is 0 Å². The summed E-state index contributed by atoms with van der Waals surface area (Å²) in [7, 11) is -3.74. The maximum absolute atomic E-state index is 12.7. The highest BCUT2D eigenvalue weighted by atomic mass is 32.2. The molecule has 3 aromatic carbocycles. The summed E-state index contributed by atoms with van der Waals surface area (Å²) >= 11 is 0. The second-order valence-corrected chi connectivity index (χ2v) is 9.63. The van der Waals surface area contributed by atoms with Crippen molar-refractivity contribution in [3.05, 3.63) is 82.9 Å². The number of hydrogen-bond donors (Lipinski definition) is 2. The Labute approximate surface area is 189 Å². The van der Waals surface area contributed by atoms with Crippen molar-refractivity contribution in [3.8, 4) is 5.75 Å². The van der Waals surface area contributed by atoms with Gasteiger partial charge >= 0.3 is 0 Å². The molecule has 0 aromatic heterocycles. The SMILES string of the molecule is Cc1ccc(O[C@@H](C)C(=O)Nc2ccc(S(=O)(=O)Nc3ccc(C)c(C)c3)cc2)c(C)c1. The number of aryl methyl sites for hydroxylation is 4. The molecule has 1 atom stereocenters. The minimum absolute atomic E-state index is 0.105. The van der Waals surface area contributed by atoms with Crippen molar-refractivity contribution in [2.24, 2.45) is 0 Å². The molecule has 2 N–H and O–H groups in total. The lowest BCUT2D eigenvalue weighted by atomic mass is 10.1. The number of sulfonamides is 1. The van der Waals surface area contributed by atoms with Gasteiger partial charge in [0.2, 0.25) is 0 Å². The first kappa shape index (κ1) is 23.3. The highest BCUT2D eigenvalue weighted by molar-refractivity contribution is 7.92.